The molecule has 0 radical (unpaired) electrons. The molecule has 9 rings (SSSR count). The zero-order valence-corrected chi connectivity index (χ0v) is 37.4. The summed E-state index contributed by atoms with van der Waals surface area (Å²) in [5, 5.41) is 5.04. The van der Waals surface area contributed by atoms with Crippen LogP contribution in [-0.2, 0) is 10.8 Å². The molecule has 0 fully saturated rings. The molecule has 2 nitrogen and oxygen atoms in total. The highest BCUT2D eigenvalue weighted by molar-refractivity contribution is 6.12. The molecule has 0 aliphatic carbocycles. The monoisotopic (exact) mass is 804 g/mol. The Kier molecular flexibility index (Phi) is 10.6. The van der Waals surface area contributed by atoms with Gasteiger partial charge in [-0.05, 0) is 135 Å². The van der Waals surface area contributed by atoms with Crippen molar-refractivity contribution in [3.8, 4) is 22.3 Å². The standard InChI is InChI=1S/C60H56N2/c1-41-24-31-48(32-25-41)61(50-35-29-46(30-36-50)59(3,4)5)56-39-47(60(6,7)8)40-57(58(56)44-17-10-9-11-18-44)62(49-33-26-42(2)27-34-49)51-20-14-19-45(38-51)53-22-15-23-54-52-21-13-12-16-43(52)28-37-55(53)54/h9-40H,1-8H3. The lowest BCUT2D eigenvalue weighted by atomic mass is 9.83. The van der Waals surface area contributed by atoms with Crippen LogP contribution in [0.3, 0.4) is 0 Å². The molecule has 2 heteroatoms. The van der Waals surface area contributed by atoms with E-state index in [-0.39, 0.29) is 10.8 Å². The molecule has 0 saturated heterocycles. The van der Waals surface area contributed by atoms with E-state index in [2.05, 4.69) is 259 Å². The second-order valence-electron chi connectivity index (χ2n) is 18.9. The fourth-order valence-electron chi connectivity index (χ4n) is 8.76. The summed E-state index contributed by atoms with van der Waals surface area (Å²) in [5.41, 5.74) is 16.2. The van der Waals surface area contributed by atoms with Gasteiger partial charge in [0.2, 0.25) is 0 Å². The van der Waals surface area contributed by atoms with Gasteiger partial charge in [-0.25, -0.2) is 0 Å². The van der Waals surface area contributed by atoms with Crippen molar-refractivity contribution in [3.63, 3.8) is 0 Å². The number of aryl methyl sites for hydroxylation is 2. The molecule has 62 heavy (non-hydrogen) atoms. The van der Waals surface area contributed by atoms with E-state index in [1.165, 1.54) is 54.9 Å². The van der Waals surface area contributed by atoms with Crippen molar-refractivity contribution in [1.29, 1.82) is 0 Å². The second-order valence-corrected chi connectivity index (χ2v) is 18.9. The molecule has 0 spiro atoms. The normalized spacial score (nSPS) is 11.9. The van der Waals surface area contributed by atoms with E-state index in [4.69, 9.17) is 0 Å². The highest BCUT2D eigenvalue weighted by Crippen LogP contribution is 2.51. The van der Waals surface area contributed by atoms with Gasteiger partial charge in [0.25, 0.3) is 0 Å². The van der Waals surface area contributed by atoms with Gasteiger partial charge in [-0.1, -0.05) is 186 Å². The van der Waals surface area contributed by atoms with Crippen molar-refractivity contribution in [2.24, 2.45) is 0 Å². The first-order valence-electron chi connectivity index (χ1n) is 21.9. The third kappa shape index (κ3) is 7.90. The molecule has 0 N–H and O–H groups in total. The molecule has 0 amide bonds. The van der Waals surface area contributed by atoms with Crippen LogP contribution in [0.2, 0.25) is 0 Å². The zero-order chi connectivity index (χ0) is 43.2. The largest absolute Gasteiger partial charge is 0.310 e. The predicted molar refractivity (Wildman–Crippen MR) is 269 cm³/mol. The molecule has 0 aromatic heterocycles. The van der Waals surface area contributed by atoms with Gasteiger partial charge in [0.1, 0.15) is 0 Å². The Morgan fingerprint density at radius 3 is 1.44 bits per heavy atom. The highest BCUT2D eigenvalue weighted by atomic mass is 15.2. The van der Waals surface area contributed by atoms with Crippen LogP contribution in [0, 0.1) is 13.8 Å². The van der Waals surface area contributed by atoms with Crippen molar-refractivity contribution in [3.05, 3.63) is 216 Å². The summed E-state index contributed by atoms with van der Waals surface area (Å²) in [6.45, 7) is 18.1. The van der Waals surface area contributed by atoms with Crippen LogP contribution < -0.4 is 9.80 Å². The first kappa shape index (κ1) is 40.5. The van der Waals surface area contributed by atoms with Gasteiger partial charge in [0.15, 0.2) is 0 Å². The molecule has 0 aliphatic rings. The molecule has 0 aliphatic heterocycles. The molecular weight excluding hydrogens is 749 g/mol. The maximum Gasteiger partial charge on any atom is 0.0564 e. The number of hydrogen-bond acceptors (Lipinski definition) is 2. The highest BCUT2D eigenvalue weighted by Gasteiger charge is 2.29. The molecule has 306 valence electrons. The van der Waals surface area contributed by atoms with Crippen molar-refractivity contribution in [1.82, 2.24) is 0 Å². The summed E-state index contributed by atoms with van der Waals surface area (Å²) < 4.78 is 0. The molecule has 9 aromatic carbocycles. The molecule has 0 atom stereocenters. The summed E-state index contributed by atoms with van der Waals surface area (Å²) in [5.74, 6) is 0. The smallest absolute Gasteiger partial charge is 0.0564 e. The van der Waals surface area contributed by atoms with Crippen LogP contribution >= 0.6 is 0 Å². The number of benzene rings is 9. The Labute approximate surface area is 368 Å². The van der Waals surface area contributed by atoms with Crippen molar-refractivity contribution in [2.75, 3.05) is 9.80 Å². The van der Waals surface area contributed by atoms with Crippen LogP contribution in [0.4, 0.5) is 34.1 Å². The Hall–Kier alpha value is -6.90. The SMILES string of the molecule is Cc1ccc(N(c2ccc(C(C)(C)C)cc2)c2cc(C(C)(C)C)cc(N(c3ccc(C)cc3)c3cccc(-c4cccc5c4ccc4ccccc45)c3)c2-c2ccccc2)cc1. The fourth-order valence-corrected chi connectivity index (χ4v) is 8.76. The van der Waals surface area contributed by atoms with E-state index in [0.717, 1.165) is 45.3 Å². The number of fused-ring (bicyclic) bond motifs is 3. The predicted octanol–water partition coefficient (Wildman–Crippen LogP) is 17.5. The van der Waals surface area contributed by atoms with Crippen molar-refractivity contribution in [2.45, 2.75) is 66.2 Å². The third-order valence-corrected chi connectivity index (χ3v) is 12.3. The summed E-state index contributed by atoms with van der Waals surface area (Å²) in [7, 11) is 0. The van der Waals surface area contributed by atoms with Gasteiger partial charge in [0, 0.05) is 28.3 Å². The Bertz CT molecular complexity index is 3020. The maximum absolute atomic E-state index is 2.49. The molecule has 0 unspecified atom stereocenters. The average molecular weight is 805 g/mol. The van der Waals surface area contributed by atoms with Crippen LogP contribution in [0.25, 0.3) is 43.8 Å². The van der Waals surface area contributed by atoms with Crippen LogP contribution in [0.15, 0.2) is 194 Å². The van der Waals surface area contributed by atoms with Crippen molar-refractivity contribution < 1.29 is 0 Å². The van der Waals surface area contributed by atoms with E-state index in [1.54, 1.807) is 0 Å². The quantitative estimate of drug-likeness (QED) is 0.141. The number of rotatable bonds is 8. The zero-order valence-electron chi connectivity index (χ0n) is 37.4. The van der Waals surface area contributed by atoms with Crippen LogP contribution in [-0.4, -0.2) is 0 Å². The molecule has 0 saturated carbocycles. The Morgan fingerprint density at radius 2 is 0.839 bits per heavy atom. The van der Waals surface area contributed by atoms with Crippen LogP contribution in [0.1, 0.15) is 63.8 Å². The Balaban J connectivity index is 1.35. The number of anilines is 6. The molecule has 0 heterocycles. The summed E-state index contributed by atoms with van der Waals surface area (Å²) in [6.07, 6.45) is 0. The first-order chi connectivity index (χ1) is 29.8. The summed E-state index contributed by atoms with van der Waals surface area (Å²) in [4.78, 5) is 4.96. The van der Waals surface area contributed by atoms with E-state index < -0.39 is 0 Å². The van der Waals surface area contributed by atoms with Gasteiger partial charge in [-0.2, -0.15) is 0 Å². The van der Waals surface area contributed by atoms with E-state index in [0.29, 0.717) is 0 Å². The number of nitrogens with zero attached hydrogens (tertiary/aromatic N) is 2. The third-order valence-electron chi connectivity index (χ3n) is 12.3. The topological polar surface area (TPSA) is 6.48 Å². The maximum atomic E-state index is 2.49. The van der Waals surface area contributed by atoms with E-state index in [1.807, 2.05) is 0 Å². The van der Waals surface area contributed by atoms with Gasteiger partial charge in [0.05, 0.1) is 11.4 Å². The van der Waals surface area contributed by atoms with Gasteiger partial charge >= 0.3 is 0 Å². The fraction of sp³-hybridized carbons (Fsp3) is 0.167. The second kappa shape index (κ2) is 16.2. The summed E-state index contributed by atoms with van der Waals surface area (Å²) >= 11 is 0. The van der Waals surface area contributed by atoms with E-state index >= 15 is 0 Å². The van der Waals surface area contributed by atoms with Gasteiger partial charge < -0.3 is 9.80 Å². The van der Waals surface area contributed by atoms with Gasteiger partial charge in [-0.15, -0.1) is 0 Å². The lowest BCUT2D eigenvalue weighted by Gasteiger charge is -2.35. The van der Waals surface area contributed by atoms with Gasteiger partial charge in [-0.3, -0.25) is 0 Å². The average Bonchev–Trinajstić information content (AvgIpc) is 3.27. The molecule has 0 bridgehead atoms. The van der Waals surface area contributed by atoms with Crippen LogP contribution in [0.5, 0.6) is 0 Å². The minimum atomic E-state index is -0.166. The lowest BCUT2D eigenvalue weighted by molar-refractivity contribution is 0.590. The lowest BCUT2D eigenvalue weighted by Crippen LogP contribution is -2.19. The van der Waals surface area contributed by atoms with Crippen molar-refractivity contribution >= 4 is 55.7 Å². The molecule has 9 aromatic rings. The molecular formula is C60H56N2. The minimum Gasteiger partial charge on any atom is -0.310 e. The Morgan fingerprint density at radius 1 is 0.339 bits per heavy atom. The number of hydrogen-bond donors (Lipinski definition) is 0. The minimum absolute atomic E-state index is 0.0324. The summed E-state index contributed by atoms with van der Waals surface area (Å²) in [6, 6.07) is 72.1. The first-order valence-corrected chi connectivity index (χ1v) is 21.9. The van der Waals surface area contributed by atoms with E-state index in [9.17, 15) is 0 Å².